The molecule has 82 valence electrons. The smallest absolute Gasteiger partial charge is 0.142 e. The van der Waals surface area contributed by atoms with Gasteiger partial charge in [0, 0.05) is 17.0 Å². The molecule has 0 aliphatic carbocycles. The highest BCUT2D eigenvalue weighted by Crippen LogP contribution is 2.26. The molecule has 0 radical (unpaired) electrons. The van der Waals surface area contributed by atoms with Crippen molar-refractivity contribution < 1.29 is 9.47 Å². The van der Waals surface area contributed by atoms with Crippen molar-refractivity contribution in [2.45, 2.75) is 6.42 Å². The molecule has 3 nitrogen and oxygen atoms in total. The van der Waals surface area contributed by atoms with Crippen LogP contribution in [0.1, 0.15) is 6.42 Å². The predicted octanol–water partition coefficient (Wildman–Crippen LogP) is 2.45. The maximum Gasteiger partial charge on any atom is 0.142 e. The van der Waals surface area contributed by atoms with Gasteiger partial charge in [-0.05, 0) is 24.6 Å². The van der Waals surface area contributed by atoms with Gasteiger partial charge >= 0.3 is 0 Å². The van der Waals surface area contributed by atoms with Gasteiger partial charge < -0.3 is 15.2 Å². The van der Waals surface area contributed by atoms with E-state index < -0.39 is 0 Å². The summed E-state index contributed by atoms with van der Waals surface area (Å²) in [7, 11) is 0. The standard InChI is InChI=1S/C11H14BrNO2/c12-9-1-2-11(10(13)5-9)15-7-8-3-4-14-6-8/h1-2,5,8H,3-4,6-7,13H2. The topological polar surface area (TPSA) is 44.5 Å². The van der Waals surface area contributed by atoms with Gasteiger partial charge in [-0.1, -0.05) is 15.9 Å². The number of hydrogen-bond acceptors (Lipinski definition) is 3. The van der Waals surface area contributed by atoms with Crippen LogP contribution in [0, 0.1) is 5.92 Å². The van der Waals surface area contributed by atoms with Gasteiger partial charge in [0.15, 0.2) is 0 Å². The maximum atomic E-state index is 5.82. The van der Waals surface area contributed by atoms with Crippen molar-refractivity contribution in [3.05, 3.63) is 22.7 Å². The molecule has 0 spiro atoms. The van der Waals surface area contributed by atoms with Crippen LogP contribution < -0.4 is 10.5 Å². The Balaban J connectivity index is 1.92. The van der Waals surface area contributed by atoms with E-state index >= 15 is 0 Å². The number of halogens is 1. The largest absolute Gasteiger partial charge is 0.491 e. The summed E-state index contributed by atoms with van der Waals surface area (Å²) in [5.41, 5.74) is 6.49. The van der Waals surface area contributed by atoms with Crippen LogP contribution in [0.25, 0.3) is 0 Å². The number of hydrogen-bond donors (Lipinski definition) is 1. The Labute approximate surface area is 97.7 Å². The first-order valence-corrected chi connectivity index (χ1v) is 5.80. The van der Waals surface area contributed by atoms with Crippen LogP contribution in [-0.2, 0) is 4.74 Å². The zero-order valence-electron chi connectivity index (χ0n) is 8.41. The van der Waals surface area contributed by atoms with E-state index in [0.717, 1.165) is 29.9 Å². The third-order valence-electron chi connectivity index (χ3n) is 2.47. The number of nitrogen functional groups attached to an aromatic ring is 1. The molecule has 0 saturated carbocycles. The normalized spacial score (nSPS) is 20.5. The summed E-state index contributed by atoms with van der Waals surface area (Å²) in [6.45, 7) is 2.34. The number of benzene rings is 1. The first-order chi connectivity index (χ1) is 7.25. The second kappa shape index (κ2) is 4.86. The molecule has 1 aromatic carbocycles. The summed E-state index contributed by atoms with van der Waals surface area (Å²) in [6, 6.07) is 5.66. The highest BCUT2D eigenvalue weighted by molar-refractivity contribution is 9.10. The minimum Gasteiger partial charge on any atom is -0.491 e. The van der Waals surface area contributed by atoms with Crippen molar-refractivity contribution in [3.63, 3.8) is 0 Å². The van der Waals surface area contributed by atoms with Gasteiger partial charge in [0.1, 0.15) is 5.75 Å². The average molecular weight is 272 g/mol. The molecule has 1 aliphatic rings. The molecule has 0 amide bonds. The molecule has 0 bridgehead atoms. The van der Waals surface area contributed by atoms with Gasteiger partial charge in [0.25, 0.3) is 0 Å². The molecule has 1 aliphatic heterocycles. The van der Waals surface area contributed by atoms with Crippen molar-refractivity contribution in [2.24, 2.45) is 5.92 Å². The first-order valence-electron chi connectivity index (χ1n) is 5.01. The molecule has 1 heterocycles. The fraction of sp³-hybridized carbons (Fsp3) is 0.455. The summed E-state index contributed by atoms with van der Waals surface area (Å²) in [5.74, 6) is 1.26. The molecule has 15 heavy (non-hydrogen) atoms. The van der Waals surface area contributed by atoms with E-state index in [0.29, 0.717) is 18.2 Å². The second-order valence-corrected chi connectivity index (χ2v) is 4.64. The van der Waals surface area contributed by atoms with Crippen molar-refractivity contribution in [1.29, 1.82) is 0 Å². The Morgan fingerprint density at radius 2 is 2.40 bits per heavy atom. The van der Waals surface area contributed by atoms with Gasteiger partial charge in [-0.15, -0.1) is 0 Å². The molecule has 4 heteroatoms. The van der Waals surface area contributed by atoms with Crippen LogP contribution in [0.15, 0.2) is 22.7 Å². The first kappa shape index (κ1) is 10.8. The van der Waals surface area contributed by atoms with Gasteiger partial charge in [-0.2, -0.15) is 0 Å². The molecule has 1 atom stereocenters. The zero-order valence-corrected chi connectivity index (χ0v) is 10.00. The van der Waals surface area contributed by atoms with Crippen LogP contribution >= 0.6 is 15.9 Å². The maximum absolute atomic E-state index is 5.82. The predicted molar refractivity (Wildman–Crippen MR) is 63.0 cm³/mol. The SMILES string of the molecule is Nc1cc(Br)ccc1OCC1CCOC1. The van der Waals surface area contributed by atoms with E-state index in [-0.39, 0.29) is 0 Å². The molecule has 2 N–H and O–H groups in total. The highest BCUT2D eigenvalue weighted by Gasteiger charge is 2.16. The van der Waals surface area contributed by atoms with E-state index in [9.17, 15) is 0 Å². The molecule has 0 aromatic heterocycles. The average Bonchev–Trinajstić information content (AvgIpc) is 2.69. The van der Waals surface area contributed by atoms with E-state index in [1.54, 1.807) is 0 Å². The molecule has 1 unspecified atom stereocenters. The van der Waals surface area contributed by atoms with Crippen LogP contribution in [0.5, 0.6) is 5.75 Å². The van der Waals surface area contributed by atoms with E-state index in [2.05, 4.69) is 15.9 Å². The lowest BCUT2D eigenvalue weighted by Gasteiger charge is -2.12. The van der Waals surface area contributed by atoms with E-state index in [1.807, 2.05) is 18.2 Å². The molecular weight excluding hydrogens is 258 g/mol. The van der Waals surface area contributed by atoms with E-state index in [4.69, 9.17) is 15.2 Å². The molecule has 1 aromatic rings. The van der Waals surface area contributed by atoms with Crippen LogP contribution in [0.3, 0.4) is 0 Å². The number of nitrogens with two attached hydrogens (primary N) is 1. The quantitative estimate of drug-likeness (QED) is 0.859. The lowest BCUT2D eigenvalue weighted by molar-refractivity contribution is 0.167. The van der Waals surface area contributed by atoms with Crippen LogP contribution in [0.4, 0.5) is 5.69 Å². The number of ether oxygens (including phenoxy) is 2. The Morgan fingerprint density at radius 3 is 3.07 bits per heavy atom. The summed E-state index contributed by atoms with van der Waals surface area (Å²) in [4.78, 5) is 0. The van der Waals surface area contributed by atoms with Crippen molar-refractivity contribution >= 4 is 21.6 Å². The molecule has 1 fully saturated rings. The Kier molecular flexibility index (Phi) is 3.49. The minimum atomic E-state index is 0.507. The molecule has 2 rings (SSSR count). The fourth-order valence-corrected chi connectivity index (χ4v) is 1.95. The van der Waals surface area contributed by atoms with E-state index in [1.165, 1.54) is 0 Å². The molecular formula is C11H14BrNO2. The van der Waals surface area contributed by atoms with Crippen LogP contribution in [0.2, 0.25) is 0 Å². The number of anilines is 1. The Hall–Kier alpha value is -0.740. The van der Waals surface area contributed by atoms with Gasteiger partial charge in [-0.25, -0.2) is 0 Å². The summed E-state index contributed by atoms with van der Waals surface area (Å²) >= 11 is 3.36. The van der Waals surface area contributed by atoms with Crippen molar-refractivity contribution in [2.75, 3.05) is 25.6 Å². The second-order valence-electron chi connectivity index (χ2n) is 3.72. The summed E-state index contributed by atoms with van der Waals surface area (Å²) < 4.78 is 11.9. The fourth-order valence-electron chi connectivity index (χ4n) is 1.57. The number of rotatable bonds is 3. The third kappa shape index (κ3) is 2.86. The van der Waals surface area contributed by atoms with Crippen molar-refractivity contribution in [1.82, 2.24) is 0 Å². The van der Waals surface area contributed by atoms with Crippen molar-refractivity contribution in [3.8, 4) is 5.75 Å². The minimum absolute atomic E-state index is 0.507. The molecule has 1 saturated heterocycles. The lowest BCUT2D eigenvalue weighted by Crippen LogP contribution is -2.12. The van der Waals surface area contributed by atoms with Gasteiger partial charge in [0.05, 0.1) is 18.9 Å². The van der Waals surface area contributed by atoms with Gasteiger partial charge in [0.2, 0.25) is 0 Å². The lowest BCUT2D eigenvalue weighted by atomic mass is 10.1. The Bertz CT molecular complexity index is 337. The Morgan fingerprint density at radius 1 is 1.53 bits per heavy atom. The monoisotopic (exact) mass is 271 g/mol. The zero-order chi connectivity index (χ0) is 10.7. The summed E-state index contributed by atoms with van der Waals surface area (Å²) in [6.07, 6.45) is 1.08. The van der Waals surface area contributed by atoms with Crippen LogP contribution in [-0.4, -0.2) is 19.8 Å². The third-order valence-corrected chi connectivity index (χ3v) is 2.96. The highest BCUT2D eigenvalue weighted by atomic mass is 79.9. The van der Waals surface area contributed by atoms with Gasteiger partial charge in [-0.3, -0.25) is 0 Å². The summed E-state index contributed by atoms with van der Waals surface area (Å²) in [5, 5.41) is 0.